The summed E-state index contributed by atoms with van der Waals surface area (Å²) in [6.07, 6.45) is -0.207. The summed E-state index contributed by atoms with van der Waals surface area (Å²) in [5.41, 5.74) is 1.16. The molecule has 2 N–H and O–H groups in total. The number of carbonyl (C=O) groups is 1. The fourth-order valence-corrected chi connectivity index (χ4v) is 3.85. The SMILES string of the molecule is Cc1nc(N(C)CCC(=O)NCC(C)O)c2cc(-c3ccccc3)sc2n1. The number of aliphatic hydroxyl groups is 1. The number of amides is 1. The first kappa shape index (κ1) is 19.3. The lowest BCUT2D eigenvalue weighted by molar-refractivity contribution is -0.121. The van der Waals surface area contributed by atoms with Crippen LogP contribution in [0.1, 0.15) is 19.2 Å². The second-order valence-corrected chi connectivity index (χ2v) is 7.65. The average molecular weight is 385 g/mol. The molecular weight excluding hydrogens is 360 g/mol. The summed E-state index contributed by atoms with van der Waals surface area (Å²) in [5, 5.41) is 13.0. The van der Waals surface area contributed by atoms with Gasteiger partial charge >= 0.3 is 0 Å². The third-order valence-corrected chi connectivity index (χ3v) is 5.25. The first-order valence-electron chi connectivity index (χ1n) is 8.93. The van der Waals surface area contributed by atoms with E-state index in [1.807, 2.05) is 37.1 Å². The number of thiophene rings is 1. The van der Waals surface area contributed by atoms with Gasteiger partial charge in [-0.15, -0.1) is 11.3 Å². The zero-order valence-electron chi connectivity index (χ0n) is 15.8. The number of aliphatic hydroxyl groups excluding tert-OH is 1. The van der Waals surface area contributed by atoms with Gasteiger partial charge in [0.2, 0.25) is 5.91 Å². The second-order valence-electron chi connectivity index (χ2n) is 6.61. The van der Waals surface area contributed by atoms with Crippen LogP contribution < -0.4 is 10.2 Å². The first-order chi connectivity index (χ1) is 12.9. The predicted octanol–water partition coefficient (Wildman–Crippen LogP) is 2.99. The number of hydrogen-bond donors (Lipinski definition) is 2. The molecule has 0 spiro atoms. The largest absolute Gasteiger partial charge is 0.392 e. The fraction of sp³-hybridized carbons (Fsp3) is 0.350. The van der Waals surface area contributed by atoms with Crippen LogP contribution in [-0.2, 0) is 4.79 Å². The smallest absolute Gasteiger partial charge is 0.221 e. The molecule has 0 aliphatic carbocycles. The molecule has 6 nitrogen and oxygen atoms in total. The molecule has 0 aliphatic heterocycles. The van der Waals surface area contributed by atoms with Crippen LogP contribution in [0.15, 0.2) is 36.4 Å². The topological polar surface area (TPSA) is 78.4 Å². The molecule has 0 bridgehead atoms. The molecule has 0 saturated heterocycles. The Bertz CT molecular complexity index is 924. The Kier molecular flexibility index (Phi) is 6.03. The number of hydrogen-bond acceptors (Lipinski definition) is 6. The second kappa shape index (κ2) is 8.45. The monoisotopic (exact) mass is 384 g/mol. The highest BCUT2D eigenvalue weighted by Gasteiger charge is 2.15. The Balaban J connectivity index is 1.81. The van der Waals surface area contributed by atoms with E-state index < -0.39 is 6.10 Å². The lowest BCUT2D eigenvalue weighted by Crippen LogP contribution is -2.33. The third-order valence-electron chi connectivity index (χ3n) is 4.17. The lowest BCUT2D eigenvalue weighted by Gasteiger charge is -2.19. The van der Waals surface area contributed by atoms with Gasteiger partial charge in [0.25, 0.3) is 0 Å². The van der Waals surface area contributed by atoms with Crippen LogP contribution in [0.25, 0.3) is 20.7 Å². The number of aromatic nitrogens is 2. The van der Waals surface area contributed by atoms with Crippen molar-refractivity contribution in [1.29, 1.82) is 0 Å². The van der Waals surface area contributed by atoms with Crippen LogP contribution in [0, 0.1) is 6.92 Å². The van der Waals surface area contributed by atoms with E-state index in [9.17, 15) is 9.90 Å². The summed E-state index contributed by atoms with van der Waals surface area (Å²) in [7, 11) is 1.93. The van der Waals surface area contributed by atoms with Crippen molar-refractivity contribution in [3.63, 3.8) is 0 Å². The fourth-order valence-electron chi connectivity index (χ4n) is 2.77. The van der Waals surface area contributed by atoms with E-state index in [2.05, 4.69) is 33.5 Å². The van der Waals surface area contributed by atoms with Crippen molar-refractivity contribution in [3.8, 4) is 10.4 Å². The Morgan fingerprint density at radius 3 is 2.74 bits per heavy atom. The zero-order valence-corrected chi connectivity index (χ0v) is 16.6. The van der Waals surface area contributed by atoms with Gasteiger partial charge in [0.1, 0.15) is 16.5 Å². The van der Waals surface area contributed by atoms with Gasteiger partial charge in [-0.1, -0.05) is 30.3 Å². The molecule has 0 radical (unpaired) electrons. The Labute approximate surface area is 162 Å². The van der Waals surface area contributed by atoms with Gasteiger partial charge in [-0.3, -0.25) is 4.79 Å². The van der Waals surface area contributed by atoms with Crippen LogP contribution in [0.5, 0.6) is 0 Å². The van der Waals surface area contributed by atoms with Gasteiger partial charge < -0.3 is 15.3 Å². The minimum atomic E-state index is -0.543. The van der Waals surface area contributed by atoms with Crippen molar-refractivity contribution in [1.82, 2.24) is 15.3 Å². The molecule has 3 rings (SSSR count). The van der Waals surface area contributed by atoms with Crippen molar-refractivity contribution in [3.05, 3.63) is 42.2 Å². The molecule has 1 amide bonds. The van der Waals surface area contributed by atoms with Crippen molar-refractivity contribution in [2.45, 2.75) is 26.4 Å². The molecule has 1 aromatic carbocycles. The van der Waals surface area contributed by atoms with Crippen LogP contribution in [0.3, 0.4) is 0 Å². The van der Waals surface area contributed by atoms with Crippen LogP contribution in [0.2, 0.25) is 0 Å². The van der Waals surface area contributed by atoms with Crippen LogP contribution >= 0.6 is 11.3 Å². The van der Waals surface area contributed by atoms with Gasteiger partial charge in [-0.05, 0) is 25.5 Å². The van der Waals surface area contributed by atoms with E-state index in [0.717, 1.165) is 26.5 Å². The number of nitrogens with one attached hydrogen (secondary N) is 1. The maximum atomic E-state index is 11.9. The van der Waals surface area contributed by atoms with Crippen LogP contribution in [0.4, 0.5) is 5.82 Å². The van der Waals surface area contributed by atoms with Crippen LogP contribution in [-0.4, -0.2) is 47.2 Å². The molecule has 3 aromatic rings. The standard InChI is InChI=1S/C20H24N4O2S/c1-13(25)12-21-18(26)9-10-24(3)19-16-11-17(15-7-5-4-6-8-15)27-20(16)23-14(2)22-19/h4-8,11,13,25H,9-10,12H2,1-3H3,(H,21,26). The summed E-state index contributed by atoms with van der Waals surface area (Å²) in [6.45, 7) is 4.33. The van der Waals surface area contributed by atoms with Crippen molar-refractivity contribution in [2.75, 3.05) is 25.0 Å². The van der Waals surface area contributed by atoms with E-state index in [1.165, 1.54) is 0 Å². The maximum absolute atomic E-state index is 11.9. The predicted molar refractivity (Wildman–Crippen MR) is 110 cm³/mol. The molecule has 142 valence electrons. The normalized spacial score (nSPS) is 12.1. The zero-order chi connectivity index (χ0) is 19.4. The lowest BCUT2D eigenvalue weighted by atomic mass is 10.2. The van der Waals surface area contributed by atoms with Gasteiger partial charge in [0, 0.05) is 31.4 Å². The van der Waals surface area contributed by atoms with E-state index >= 15 is 0 Å². The van der Waals surface area contributed by atoms with Crippen molar-refractivity contribution < 1.29 is 9.90 Å². The van der Waals surface area contributed by atoms with Gasteiger partial charge in [0.05, 0.1) is 11.5 Å². The summed E-state index contributed by atoms with van der Waals surface area (Å²) >= 11 is 1.65. The number of carbonyl (C=O) groups excluding carboxylic acids is 1. The molecule has 0 fully saturated rings. The summed E-state index contributed by atoms with van der Waals surface area (Å²) in [6, 6.07) is 12.3. The highest BCUT2D eigenvalue weighted by molar-refractivity contribution is 7.21. The Morgan fingerprint density at radius 1 is 1.30 bits per heavy atom. The highest BCUT2D eigenvalue weighted by atomic mass is 32.1. The van der Waals surface area contributed by atoms with E-state index in [0.29, 0.717) is 18.8 Å². The highest BCUT2D eigenvalue weighted by Crippen LogP contribution is 2.36. The van der Waals surface area contributed by atoms with E-state index in [4.69, 9.17) is 0 Å². The number of fused-ring (bicyclic) bond motifs is 1. The maximum Gasteiger partial charge on any atom is 0.221 e. The summed E-state index contributed by atoms with van der Waals surface area (Å²) < 4.78 is 0. The van der Waals surface area contributed by atoms with E-state index in [-0.39, 0.29) is 12.5 Å². The first-order valence-corrected chi connectivity index (χ1v) is 9.75. The summed E-state index contributed by atoms with van der Waals surface area (Å²) in [4.78, 5) is 25.2. The number of rotatable bonds is 7. The molecule has 1 unspecified atom stereocenters. The van der Waals surface area contributed by atoms with Crippen molar-refractivity contribution >= 4 is 33.3 Å². The molecule has 7 heteroatoms. The minimum absolute atomic E-state index is 0.0833. The number of benzene rings is 1. The Hall–Kier alpha value is -2.51. The minimum Gasteiger partial charge on any atom is -0.392 e. The Morgan fingerprint density at radius 2 is 2.04 bits per heavy atom. The number of anilines is 1. The van der Waals surface area contributed by atoms with E-state index in [1.54, 1.807) is 18.3 Å². The van der Waals surface area contributed by atoms with Gasteiger partial charge in [-0.2, -0.15) is 0 Å². The number of aryl methyl sites for hydroxylation is 1. The molecule has 0 saturated carbocycles. The quantitative estimate of drug-likeness (QED) is 0.655. The summed E-state index contributed by atoms with van der Waals surface area (Å²) in [5.74, 6) is 1.46. The molecule has 1 atom stereocenters. The third kappa shape index (κ3) is 4.81. The van der Waals surface area contributed by atoms with Gasteiger partial charge in [0.15, 0.2) is 0 Å². The van der Waals surface area contributed by atoms with Gasteiger partial charge in [-0.25, -0.2) is 9.97 Å². The molecule has 2 heterocycles. The molecular formula is C20H24N4O2S. The molecule has 27 heavy (non-hydrogen) atoms. The van der Waals surface area contributed by atoms with Crippen molar-refractivity contribution in [2.24, 2.45) is 0 Å². The average Bonchev–Trinajstić information content (AvgIpc) is 3.08. The molecule has 2 aromatic heterocycles. The number of nitrogens with zero attached hydrogens (tertiary/aromatic N) is 3. The molecule has 0 aliphatic rings.